The number of anilines is 1. The fraction of sp³-hybridized carbons (Fsp3) is 0.400. The Morgan fingerprint density at radius 3 is 2.95 bits per heavy atom. The molecule has 1 aliphatic rings. The first kappa shape index (κ1) is 12.5. The van der Waals surface area contributed by atoms with Gasteiger partial charge in [-0.1, -0.05) is 30.7 Å². The van der Waals surface area contributed by atoms with Gasteiger partial charge in [0.1, 0.15) is 5.82 Å². The maximum Gasteiger partial charge on any atom is 0.133 e. The molecule has 4 heteroatoms. The Morgan fingerprint density at radius 2 is 2.16 bits per heavy atom. The number of rotatable bonds is 2. The molecule has 0 aliphatic carbocycles. The van der Waals surface area contributed by atoms with Gasteiger partial charge in [-0.15, -0.1) is 0 Å². The van der Waals surface area contributed by atoms with Crippen molar-refractivity contribution in [1.29, 1.82) is 0 Å². The van der Waals surface area contributed by atoms with Crippen molar-refractivity contribution in [3.8, 4) is 5.69 Å². The highest BCUT2D eigenvalue weighted by Gasteiger charge is 2.20. The standard InChI is InChI=1S/C15H18ClN3/c1-2-13-11-7-5-6-10-17-15(11)19(18-13)14-9-4-3-8-12(14)16/h3-4,8-9,17H,2,5-7,10H2,1H3. The molecule has 0 amide bonds. The van der Waals surface area contributed by atoms with Gasteiger partial charge in [-0.25, -0.2) is 4.68 Å². The largest absolute Gasteiger partial charge is 0.370 e. The van der Waals surface area contributed by atoms with Crippen LogP contribution in [0.15, 0.2) is 24.3 Å². The van der Waals surface area contributed by atoms with Gasteiger partial charge < -0.3 is 5.32 Å². The molecule has 0 bridgehead atoms. The summed E-state index contributed by atoms with van der Waals surface area (Å²) in [6.45, 7) is 3.16. The fourth-order valence-corrected chi connectivity index (χ4v) is 2.87. The van der Waals surface area contributed by atoms with E-state index < -0.39 is 0 Å². The fourth-order valence-electron chi connectivity index (χ4n) is 2.66. The molecule has 19 heavy (non-hydrogen) atoms. The van der Waals surface area contributed by atoms with Gasteiger partial charge in [-0.2, -0.15) is 5.10 Å². The van der Waals surface area contributed by atoms with E-state index in [2.05, 4.69) is 12.2 Å². The van der Waals surface area contributed by atoms with Gasteiger partial charge in [0, 0.05) is 12.1 Å². The number of aryl methyl sites for hydroxylation is 1. The second kappa shape index (κ2) is 5.25. The monoisotopic (exact) mass is 275 g/mol. The Morgan fingerprint density at radius 1 is 1.32 bits per heavy atom. The van der Waals surface area contributed by atoms with Crippen LogP contribution in [-0.2, 0) is 12.8 Å². The van der Waals surface area contributed by atoms with Gasteiger partial charge in [0.25, 0.3) is 0 Å². The molecular formula is C15H18ClN3. The first-order valence-corrected chi connectivity index (χ1v) is 7.28. The minimum atomic E-state index is 0.738. The molecule has 2 heterocycles. The van der Waals surface area contributed by atoms with Gasteiger partial charge in [0.15, 0.2) is 0 Å². The molecule has 100 valence electrons. The molecule has 1 aromatic carbocycles. The van der Waals surface area contributed by atoms with Crippen LogP contribution in [0.3, 0.4) is 0 Å². The highest BCUT2D eigenvalue weighted by molar-refractivity contribution is 6.32. The van der Waals surface area contributed by atoms with Crippen LogP contribution in [0.1, 0.15) is 31.0 Å². The predicted octanol–water partition coefficient (Wildman–Crippen LogP) is 3.84. The van der Waals surface area contributed by atoms with Crippen LogP contribution in [-0.4, -0.2) is 16.3 Å². The molecule has 0 saturated heterocycles. The van der Waals surface area contributed by atoms with Crippen molar-refractivity contribution in [2.75, 3.05) is 11.9 Å². The van der Waals surface area contributed by atoms with Gasteiger partial charge in [0.2, 0.25) is 0 Å². The third kappa shape index (κ3) is 2.23. The summed E-state index contributed by atoms with van der Waals surface area (Å²) in [6, 6.07) is 7.87. The SMILES string of the molecule is CCc1nn(-c2ccccc2Cl)c2c1CCCCN2. The molecule has 1 N–H and O–H groups in total. The number of benzene rings is 1. The van der Waals surface area contributed by atoms with E-state index in [-0.39, 0.29) is 0 Å². The van der Waals surface area contributed by atoms with Crippen LogP contribution in [0.25, 0.3) is 5.69 Å². The molecule has 0 radical (unpaired) electrons. The number of nitrogens with zero attached hydrogens (tertiary/aromatic N) is 2. The van der Waals surface area contributed by atoms with E-state index in [9.17, 15) is 0 Å². The average Bonchev–Trinajstić information content (AvgIpc) is 2.61. The van der Waals surface area contributed by atoms with E-state index in [1.54, 1.807) is 0 Å². The quantitative estimate of drug-likeness (QED) is 0.903. The summed E-state index contributed by atoms with van der Waals surface area (Å²) in [6.07, 6.45) is 4.50. The number of para-hydroxylation sites is 1. The van der Waals surface area contributed by atoms with Crippen molar-refractivity contribution in [2.24, 2.45) is 0 Å². The number of halogens is 1. The maximum atomic E-state index is 6.31. The minimum Gasteiger partial charge on any atom is -0.370 e. The first-order chi connectivity index (χ1) is 9.31. The number of nitrogens with one attached hydrogen (secondary N) is 1. The Balaban J connectivity index is 2.16. The van der Waals surface area contributed by atoms with E-state index in [1.165, 1.54) is 24.1 Å². The molecule has 2 aromatic rings. The minimum absolute atomic E-state index is 0.738. The van der Waals surface area contributed by atoms with Gasteiger partial charge in [-0.05, 0) is 37.8 Å². The summed E-state index contributed by atoms with van der Waals surface area (Å²) in [5, 5.41) is 9.01. The maximum absolute atomic E-state index is 6.31. The summed E-state index contributed by atoms with van der Waals surface area (Å²) in [7, 11) is 0. The number of hydrogen-bond acceptors (Lipinski definition) is 2. The zero-order valence-corrected chi connectivity index (χ0v) is 11.9. The van der Waals surface area contributed by atoms with Gasteiger partial charge in [-0.3, -0.25) is 0 Å². The molecule has 0 atom stereocenters. The summed E-state index contributed by atoms with van der Waals surface area (Å²) in [4.78, 5) is 0. The molecular weight excluding hydrogens is 258 g/mol. The Hall–Kier alpha value is -1.48. The van der Waals surface area contributed by atoms with Gasteiger partial charge >= 0.3 is 0 Å². The first-order valence-electron chi connectivity index (χ1n) is 6.90. The predicted molar refractivity (Wildman–Crippen MR) is 79.4 cm³/mol. The number of aromatic nitrogens is 2. The zero-order valence-electron chi connectivity index (χ0n) is 11.1. The molecule has 0 spiro atoms. The van der Waals surface area contributed by atoms with Crippen LogP contribution >= 0.6 is 11.6 Å². The lowest BCUT2D eigenvalue weighted by Gasteiger charge is -2.10. The van der Waals surface area contributed by atoms with Crippen molar-refractivity contribution in [3.63, 3.8) is 0 Å². The summed E-state index contributed by atoms with van der Waals surface area (Å²) in [5.41, 5.74) is 3.50. The Labute approximate surface area is 118 Å². The normalized spacial score (nSPS) is 14.6. The lowest BCUT2D eigenvalue weighted by atomic mass is 10.1. The zero-order chi connectivity index (χ0) is 13.2. The van der Waals surface area contributed by atoms with E-state index in [0.717, 1.165) is 35.9 Å². The van der Waals surface area contributed by atoms with Crippen molar-refractivity contribution in [1.82, 2.24) is 9.78 Å². The van der Waals surface area contributed by atoms with E-state index >= 15 is 0 Å². The van der Waals surface area contributed by atoms with Crippen LogP contribution in [0.2, 0.25) is 5.02 Å². The molecule has 0 unspecified atom stereocenters. The second-order valence-corrected chi connectivity index (χ2v) is 5.28. The summed E-state index contributed by atoms with van der Waals surface area (Å²) < 4.78 is 1.97. The van der Waals surface area contributed by atoms with Gasteiger partial charge in [0.05, 0.1) is 16.4 Å². The van der Waals surface area contributed by atoms with E-state index in [4.69, 9.17) is 16.7 Å². The van der Waals surface area contributed by atoms with E-state index in [1.807, 2.05) is 28.9 Å². The molecule has 0 saturated carbocycles. The van der Waals surface area contributed by atoms with E-state index in [0.29, 0.717) is 0 Å². The van der Waals surface area contributed by atoms with Crippen molar-refractivity contribution in [3.05, 3.63) is 40.5 Å². The lowest BCUT2D eigenvalue weighted by Crippen LogP contribution is -2.07. The highest BCUT2D eigenvalue weighted by Crippen LogP contribution is 2.30. The van der Waals surface area contributed by atoms with Crippen LogP contribution < -0.4 is 5.32 Å². The molecule has 3 rings (SSSR count). The third-order valence-electron chi connectivity index (χ3n) is 3.63. The molecule has 3 nitrogen and oxygen atoms in total. The van der Waals surface area contributed by atoms with Crippen molar-refractivity contribution >= 4 is 17.4 Å². The molecule has 0 fully saturated rings. The topological polar surface area (TPSA) is 29.9 Å². The number of fused-ring (bicyclic) bond motifs is 1. The van der Waals surface area contributed by atoms with Crippen molar-refractivity contribution < 1.29 is 0 Å². The number of hydrogen-bond donors (Lipinski definition) is 1. The smallest absolute Gasteiger partial charge is 0.133 e. The Kier molecular flexibility index (Phi) is 3.47. The van der Waals surface area contributed by atoms with Crippen LogP contribution in [0.4, 0.5) is 5.82 Å². The van der Waals surface area contributed by atoms with Crippen molar-refractivity contribution in [2.45, 2.75) is 32.6 Å². The Bertz CT molecular complexity index is 589. The average molecular weight is 276 g/mol. The summed E-state index contributed by atoms with van der Waals surface area (Å²) >= 11 is 6.31. The lowest BCUT2D eigenvalue weighted by molar-refractivity contribution is 0.765. The molecule has 1 aliphatic heterocycles. The molecule has 1 aromatic heterocycles. The van der Waals surface area contributed by atoms with Crippen LogP contribution in [0, 0.1) is 0 Å². The third-order valence-corrected chi connectivity index (χ3v) is 3.95. The summed E-state index contributed by atoms with van der Waals surface area (Å²) in [5.74, 6) is 1.13. The highest BCUT2D eigenvalue weighted by atomic mass is 35.5. The second-order valence-electron chi connectivity index (χ2n) is 4.87. The van der Waals surface area contributed by atoms with Crippen LogP contribution in [0.5, 0.6) is 0 Å².